The van der Waals surface area contributed by atoms with E-state index in [0.29, 0.717) is 19.1 Å². The van der Waals surface area contributed by atoms with Crippen LogP contribution in [0.25, 0.3) is 0 Å². The van der Waals surface area contributed by atoms with Crippen LogP contribution in [0.1, 0.15) is 41.1 Å². The zero-order valence-electron chi connectivity index (χ0n) is 10.5. The third-order valence-corrected chi connectivity index (χ3v) is 3.97. The molecule has 3 nitrogen and oxygen atoms in total. The van der Waals surface area contributed by atoms with Gasteiger partial charge in [0.25, 0.3) is 0 Å². The molecule has 0 aromatic heterocycles. The van der Waals surface area contributed by atoms with Crippen molar-refractivity contribution in [1.29, 1.82) is 0 Å². The summed E-state index contributed by atoms with van der Waals surface area (Å²) in [5, 5.41) is 3.20. The Morgan fingerprint density at radius 2 is 2.22 bits per heavy atom. The lowest BCUT2D eigenvalue weighted by molar-refractivity contribution is 0.0269. The first-order valence-corrected chi connectivity index (χ1v) is 6.81. The summed E-state index contributed by atoms with van der Waals surface area (Å²) in [6.45, 7) is 2.09. The smallest absolute Gasteiger partial charge is 0.192 e. The van der Waals surface area contributed by atoms with E-state index in [2.05, 4.69) is 17.4 Å². The number of benzene rings is 1. The molecule has 0 radical (unpaired) electrons. The van der Waals surface area contributed by atoms with Crippen LogP contribution in [0.5, 0.6) is 0 Å². The van der Waals surface area contributed by atoms with Gasteiger partial charge in [0.15, 0.2) is 5.78 Å². The van der Waals surface area contributed by atoms with Crippen molar-refractivity contribution in [2.45, 2.75) is 31.3 Å². The zero-order valence-corrected chi connectivity index (χ0v) is 10.5. The first kappa shape index (κ1) is 11.9. The van der Waals surface area contributed by atoms with Crippen molar-refractivity contribution >= 4 is 5.78 Å². The average Bonchev–Trinajstić information content (AvgIpc) is 2.37. The third-order valence-electron chi connectivity index (χ3n) is 3.97. The second-order valence-corrected chi connectivity index (χ2v) is 5.18. The minimum Gasteiger partial charge on any atom is -0.367 e. The molecule has 1 aliphatic carbocycles. The van der Waals surface area contributed by atoms with E-state index in [1.165, 1.54) is 24.8 Å². The Morgan fingerprint density at radius 3 is 2.89 bits per heavy atom. The van der Waals surface area contributed by atoms with Crippen LogP contribution in [0, 0.1) is 0 Å². The Kier molecular flexibility index (Phi) is 3.43. The van der Waals surface area contributed by atoms with Crippen molar-refractivity contribution in [2.24, 2.45) is 0 Å². The van der Waals surface area contributed by atoms with Crippen LogP contribution in [0.4, 0.5) is 0 Å². The highest BCUT2D eigenvalue weighted by atomic mass is 16.5. The maximum absolute atomic E-state index is 12.3. The molecule has 1 aromatic carbocycles. The van der Waals surface area contributed by atoms with Gasteiger partial charge in [0.2, 0.25) is 0 Å². The van der Waals surface area contributed by atoms with Crippen LogP contribution in [0.3, 0.4) is 0 Å². The van der Waals surface area contributed by atoms with E-state index >= 15 is 0 Å². The van der Waals surface area contributed by atoms with E-state index in [1.807, 2.05) is 12.1 Å². The molecule has 3 rings (SSSR count). The SMILES string of the molecule is O=C(c1cccc(C2CCC2)c1)C1CNCCO1. The number of nitrogens with one attached hydrogen (secondary N) is 1. The Morgan fingerprint density at radius 1 is 1.33 bits per heavy atom. The van der Waals surface area contributed by atoms with Gasteiger partial charge < -0.3 is 10.1 Å². The van der Waals surface area contributed by atoms with Gasteiger partial charge in [0, 0.05) is 18.7 Å². The van der Waals surface area contributed by atoms with Crippen LogP contribution in [0.2, 0.25) is 0 Å². The fraction of sp³-hybridized carbons (Fsp3) is 0.533. The number of morpholine rings is 1. The van der Waals surface area contributed by atoms with Gasteiger partial charge in [-0.25, -0.2) is 0 Å². The lowest BCUT2D eigenvalue weighted by Crippen LogP contribution is -2.43. The molecule has 18 heavy (non-hydrogen) atoms. The summed E-state index contributed by atoms with van der Waals surface area (Å²) in [4.78, 5) is 12.3. The predicted octanol–water partition coefficient (Wildman–Crippen LogP) is 2.13. The summed E-state index contributed by atoms with van der Waals surface area (Å²) in [6, 6.07) is 8.10. The molecule has 2 aliphatic rings. The molecule has 2 fully saturated rings. The standard InChI is InChI=1S/C15H19NO2/c17-15(14-10-16-7-8-18-14)13-6-2-5-12(9-13)11-3-1-4-11/h2,5-6,9,11,14,16H,1,3-4,7-8,10H2. The number of ketones is 1. The molecule has 0 spiro atoms. The largest absolute Gasteiger partial charge is 0.367 e. The summed E-state index contributed by atoms with van der Waals surface area (Å²) < 4.78 is 5.52. The third kappa shape index (κ3) is 2.33. The highest BCUT2D eigenvalue weighted by Crippen LogP contribution is 2.36. The molecular weight excluding hydrogens is 226 g/mol. The number of hydrogen-bond acceptors (Lipinski definition) is 3. The number of carbonyl (C=O) groups is 1. The van der Waals surface area contributed by atoms with Crippen molar-refractivity contribution in [1.82, 2.24) is 5.32 Å². The number of hydrogen-bond donors (Lipinski definition) is 1. The molecule has 0 amide bonds. The van der Waals surface area contributed by atoms with Gasteiger partial charge in [-0.15, -0.1) is 0 Å². The molecule has 3 heteroatoms. The Bertz CT molecular complexity index is 434. The van der Waals surface area contributed by atoms with E-state index in [-0.39, 0.29) is 11.9 Å². The Balaban J connectivity index is 1.75. The van der Waals surface area contributed by atoms with Crippen LogP contribution in [0.15, 0.2) is 24.3 Å². The Labute approximate surface area is 108 Å². The van der Waals surface area contributed by atoms with Crippen LogP contribution in [-0.4, -0.2) is 31.6 Å². The van der Waals surface area contributed by atoms with Gasteiger partial charge in [-0.1, -0.05) is 24.6 Å². The fourth-order valence-corrected chi connectivity index (χ4v) is 2.61. The van der Waals surface area contributed by atoms with Gasteiger partial charge in [-0.05, 0) is 30.4 Å². The minimum absolute atomic E-state index is 0.114. The fourth-order valence-electron chi connectivity index (χ4n) is 2.61. The monoisotopic (exact) mass is 245 g/mol. The topological polar surface area (TPSA) is 38.3 Å². The molecular formula is C15H19NO2. The quantitative estimate of drug-likeness (QED) is 0.829. The molecule has 1 unspecified atom stereocenters. The molecule has 96 valence electrons. The molecule has 1 heterocycles. The maximum Gasteiger partial charge on any atom is 0.192 e. The number of carbonyl (C=O) groups excluding carboxylic acids is 1. The normalized spacial score (nSPS) is 24.6. The second kappa shape index (κ2) is 5.21. The van der Waals surface area contributed by atoms with Gasteiger partial charge >= 0.3 is 0 Å². The number of rotatable bonds is 3. The summed E-state index contributed by atoms with van der Waals surface area (Å²) in [5.41, 5.74) is 2.11. The highest BCUT2D eigenvalue weighted by molar-refractivity contribution is 5.99. The van der Waals surface area contributed by atoms with E-state index < -0.39 is 0 Å². The minimum atomic E-state index is -0.310. The van der Waals surface area contributed by atoms with Gasteiger partial charge in [0.05, 0.1) is 6.61 Å². The summed E-state index contributed by atoms with van der Waals surface area (Å²) in [6.07, 6.45) is 3.53. The summed E-state index contributed by atoms with van der Waals surface area (Å²) in [5.74, 6) is 0.784. The molecule has 1 saturated carbocycles. The van der Waals surface area contributed by atoms with Crippen molar-refractivity contribution in [3.8, 4) is 0 Å². The molecule has 1 N–H and O–H groups in total. The molecule has 1 atom stereocenters. The van der Waals surface area contributed by atoms with Crippen LogP contribution in [-0.2, 0) is 4.74 Å². The van der Waals surface area contributed by atoms with Crippen molar-refractivity contribution < 1.29 is 9.53 Å². The number of ether oxygens (including phenoxy) is 1. The second-order valence-electron chi connectivity index (χ2n) is 5.18. The van der Waals surface area contributed by atoms with E-state index in [4.69, 9.17) is 4.74 Å². The summed E-state index contributed by atoms with van der Waals surface area (Å²) in [7, 11) is 0. The van der Waals surface area contributed by atoms with Crippen molar-refractivity contribution in [3.05, 3.63) is 35.4 Å². The summed E-state index contributed by atoms with van der Waals surface area (Å²) >= 11 is 0. The van der Waals surface area contributed by atoms with Gasteiger partial charge in [0.1, 0.15) is 6.10 Å². The Hall–Kier alpha value is -1.19. The van der Waals surface area contributed by atoms with E-state index in [9.17, 15) is 4.79 Å². The van der Waals surface area contributed by atoms with Crippen LogP contribution < -0.4 is 5.32 Å². The van der Waals surface area contributed by atoms with Gasteiger partial charge in [-0.3, -0.25) is 4.79 Å². The first-order valence-electron chi connectivity index (χ1n) is 6.81. The predicted molar refractivity (Wildman–Crippen MR) is 70.0 cm³/mol. The molecule has 1 aliphatic heterocycles. The van der Waals surface area contributed by atoms with Crippen molar-refractivity contribution in [3.63, 3.8) is 0 Å². The first-order chi connectivity index (χ1) is 8.84. The molecule has 1 saturated heterocycles. The highest BCUT2D eigenvalue weighted by Gasteiger charge is 2.25. The van der Waals surface area contributed by atoms with E-state index in [0.717, 1.165) is 12.1 Å². The molecule has 0 bridgehead atoms. The average molecular weight is 245 g/mol. The zero-order chi connectivity index (χ0) is 12.4. The maximum atomic E-state index is 12.3. The number of Topliss-reactive ketones (excluding diaryl/α,β-unsaturated/α-hetero) is 1. The van der Waals surface area contributed by atoms with Crippen LogP contribution >= 0.6 is 0 Å². The lowest BCUT2D eigenvalue weighted by atomic mass is 9.79. The lowest BCUT2D eigenvalue weighted by Gasteiger charge is -2.27. The van der Waals surface area contributed by atoms with Crippen molar-refractivity contribution in [2.75, 3.05) is 19.7 Å². The van der Waals surface area contributed by atoms with E-state index in [1.54, 1.807) is 0 Å². The van der Waals surface area contributed by atoms with Gasteiger partial charge in [-0.2, -0.15) is 0 Å². The molecule has 1 aromatic rings.